The first-order chi connectivity index (χ1) is 8.91. The van der Waals surface area contributed by atoms with Gasteiger partial charge in [-0.15, -0.1) is 22.7 Å². The summed E-state index contributed by atoms with van der Waals surface area (Å²) in [6.45, 7) is 8.02. The van der Waals surface area contributed by atoms with Gasteiger partial charge in [0.25, 0.3) is 0 Å². The molecular weight excluding hydrogens is 274 g/mol. The molecule has 0 aliphatic carbocycles. The molecule has 2 aromatic heterocycles. The molecule has 2 N–H and O–H groups in total. The van der Waals surface area contributed by atoms with Crippen LogP contribution in [0.5, 0.6) is 0 Å². The van der Waals surface area contributed by atoms with Crippen LogP contribution in [0.3, 0.4) is 0 Å². The summed E-state index contributed by atoms with van der Waals surface area (Å²) in [5.74, 6) is 0. The average molecular weight is 295 g/mol. The Hall–Kier alpha value is -0.910. The molecule has 0 saturated carbocycles. The molecule has 0 atom stereocenters. The molecule has 0 aliphatic rings. The zero-order chi connectivity index (χ0) is 14.0. The lowest BCUT2D eigenvalue weighted by Crippen LogP contribution is -2.18. The van der Waals surface area contributed by atoms with Crippen molar-refractivity contribution in [2.75, 3.05) is 11.9 Å². The standard InChI is InChI=1S/C14H21N3S2/c1-14(2,3)12-11(8-15)19-13(16-12)17(4)9-10-6-5-7-18-10/h5-7H,8-9,15H2,1-4H3. The first-order valence-electron chi connectivity index (χ1n) is 6.35. The Morgan fingerprint density at radius 3 is 2.58 bits per heavy atom. The van der Waals surface area contributed by atoms with Crippen molar-refractivity contribution < 1.29 is 0 Å². The van der Waals surface area contributed by atoms with E-state index in [2.05, 4.69) is 50.2 Å². The summed E-state index contributed by atoms with van der Waals surface area (Å²) in [5, 5.41) is 3.16. The fourth-order valence-corrected chi connectivity index (χ4v) is 3.80. The third-order valence-corrected chi connectivity index (χ3v) is 4.93. The first-order valence-corrected chi connectivity index (χ1v) is 8.05. The minimum atomic E-state index is 0.0488. The Morgan fingerprint density at radius 1 is 1.37 bits per heavy atom. The van der Waals surface area contributed by atoms with Gasteiger partial charge in [-0.25, -0.2) is 4.98 Å². The number of hydrogen-bond acceptors (Lipinski definition) is 5. The Labute approximate surface area is 123 Å². The van der Waals surface area contributed by atoms with E-state index in [1.165, 1.54) is 9.75 Å². The summed E-state index contributed by atoms with van der Waals surface area (Å²) < 4.78 is 0. The highest BCUT2D eigenvalue weighted by atomic mass is 32.1. The van der Waals surface area contributed by atoms with Crippen molar-refractivity contribution in [3.8, 4) is 0 Å². The van der Waals surface area contributed by atoms with Crippen molar-refractivity contribution in [3.05, 3.63) is 33.0 Å². The molecule has 0 radical (unpaired) electrons. The number of thiazole rings is 1. The number of hydrogen-bond donors (Lipinski definition) is 1. The smallest absolute Gasteiger partial charge is 0.185 e. The van der Waals surface area contributed by atoms with Crippen molar-refractivity contribution in [2.24, 2.45) is 5.73 Å². The number of nitrogens with zero attached hydrogens (tertiary/aromatic N) is 2. The van der Waals surface area contributed by atoms with Gasteiger partial charge in [0.1, 0.15) is 0 Å². The fourth-order valence-electron chi connectivity index (χ4n) is 1.93. The summed E-state index contributed by atoms with van der Waals surface area (Å²) in [6.07, 6.45) is 0. The van der Waals surface area contributed by atoms with E-state index < -0.39 is 0 Å². The third kappa shape index (κ3) is 3.35. The van der Waals surface area contributed by atoms with Crippen LogP contribution in [0, 0.1) is 0 Å². The van der Waals surface area contributed by atoms with Gasteiger partial charge in [-0.3, -0.25) is 0 Å². The van der Waals surface area contributed by atoms with Gasteiger partial charge in [-0.05, 0) is 11.4 Å². The van der Waals surface area contributed by atoms with Crippen LogP contribution in [0.1, 0.15) is 36.2 Å². The number of anilines is 1. The number of aromatic nitrogens is 1. The Bertz CT molecular complexity index is 523. The Morgan fingerprint density at radius 2 is 2.11 bits per heavy atom. The van der Waals surface area contributed by atoms with Crippen LogP contribution in [0.4, 0.5) is 5.13 Å². The zero-order valence-electron chi connectivity index (χ0n) is 11.9. The third-order valence-electron chi connectivity index (χ3n) is 2.88. The zero-order valence-corrected chi connectivity index (χ0v) is 13.6. The first kappa shape index (κ1) is 14.5. The summed E-state index contributed by atoms with van der Waals surface area (Å²) in [6, 6.07) is 4.24. The molecular formula is C14H21N3S2. The molecule has 0 bridgehead atoms. The molecule has 0 aromatic carbocycles. The van der Waals surface area contributed by atoms with Crippen LogP contribution in [0.15, 0.2) is 17.5 Å². The highest BCUT2D eigenvalue weighted by Gasteiger charge is 2.23. The van der Waals surface area contributed by atoms with Crippen LogP contribution >= 0.6 is 22.7 Å². The molecule has 5 heteroatoms. The second kappa shape index (κ2) is 5.61. The predicted molar refractivity (Wildman–Crippen MR) is 85.1 cm³/mol. The fraction of sp³-hybridized carbons (Fsp3) is 0.500. The number of rotatable bonds is 4. The van der Waals surface area contributed by atoms with E-state index in [0.29, 0.717) is 6.54 Å². The van der Waals surface area contributed by atoms with Crippen molar-refractivity contribution in [1.29, 1.82) is 0 Å². The molecule has 0 fully saturated rings. The van der Waals surface area contributed by atoms with Crippen LogP contribution in [-0.2, 0) is 18.5 Å². The predicted octanol–water partition coefficient (Wildman–Crippen LogP) is 3.60. The van der Waals surface area contributed by atoms with Gasteiger partial charge in [0.2, 0.25) is 0 Å². The summed E-state index contributed by atoms with van der Waals surface area (Å²) in [5.41, 5.74) is 7.03. The molecule has 3 nitrogen and oxygen atoms in total. The molecule has 0 unspecified atom stereocenters. The highest BCUT2D eigenvalue weighted by Crippen LogP contribution is 2.33. The molecule has 2 heterocycles. The average Bonchev–Trinajstić information content (AvgIpc) is 2.95. The topological polar surface area (TPSA) is 42.2 Å². The van der Waals surface area contributed by atoms with Gasteiger partial charge < -0.3 is 10.6 Å². The molecule has 0 aliphatic heterocycles. The molecule has 2 aromatic rings. The van der Waals surface area contributed by atoms with Crippen LogP contribution in [0.25, 0.3) is 0 Å². The van der Waals surface area contributed by atoms with Crippen LogP contribution in [-0.4, -0.2) is 12.0 Å². The van der Waals surface area contributed by atoms with Gasteiger partial charge in [0.15, 0.2) is 5.13 Å². The number of nitrogens with two attached hydrogens (primary N) is 1. The second-order valence-electron chi connectivity index (χ2n) is 5.66. The Balaban J connectivity index is 2.23. The SMILES string of the molecule is CN(Cc1cccs1)c1nc(C(C)(C)C)c(CN)s1. The normalized spacial score (nSPS) is 11.8. The quantitative estimate of drug-likeness (QED) is 0.937. The molecule has 0 spiro atoms. The molecule has 0 saturated heterocycles. The summed E-state index contributed by atoms with van der Waals surface area (Å²) >= 11 is 3.49. The van der Waals surface area contributed by atoms with E-state index in [9.17, 15) is 0 Å². The van der Waals surface area contributed by atoms with Crippen LogP contribution < -0.4 is 10.6 Å². The van der Waals surface area contributed by atoms with Crippen molar-refractivity contribution in [2.45, 2.75) is 39.3 Å². The molecule has 104 valence electrons. The highest BCUT2D eigenvalue weighted by molar-refractivity contribution is 7.15. The van der Waals surface area contributed by atoms with E-state index in [0.717, 1.165) is 17.4 Å². The lowest BCUT2D eigenvalue weighted by molar-refractivity contribution is 0.566. The van der Waals surface area contributed by atoms with Gasteiger partial charge in [-0.1, -0.05) is 26.8 Å². The Kier molecular flexibility index (Phi) is 4.28. The number of thiophene rings is 1. The minimum Gasteiger partial charge on any atom is -0.346 e. The second-order valence-corrected chi connectivity index (χ2v) is 7.75. The lowest BCUT2D eigenvalue weighted by Gasteiger charge is -2.17. The van der Waals surface area contributed by atoms with E-state index >= 15 is 0 Å². The lowest BCUT2D eigenvalue weighted by atomic mass is 9.91. The van der Waals surface area contributed by atoms with E-state index in [1.54, 1.807) is 22.7 Å². The maximum Gasteiger partial charge on any atom is 0.185 e. The van der Waals surface area contributed by atoms with Gasteiger partial charge in [-0.2, -0.15) is 0 Å². The summed E-state index contributed by atoms with van der Waals surface area (Å²) in [7, 11) is 2.09. The van der Waals surface area contributed by atoms with Crippen molar-refractivity contribution >= 4 is 27.8 Å². The molecule has 19 heavy (non-hydrogen) atoms. The van der Waals surface area contributed by atoms with E-state index in [4.69, 9.17) is 10.7 Å². The van der Waals surface area contributed by atoms with Gasteiger partial charge in [0.05, 0.1) is 12.2 Å². The van der Waals surface area contributed by atoms with Gasteiger partial charge >= 0.3 is 0 Å². The largest absolute Gasteiger partial charge is 0.346 e. The summed E-state index contributed by atoms with van der Waals surface area (Å²) in [4.78, 5) is 9.55. The maximum atomic E-state index is 5.85. The van der Waals surface area contributed by atoms with Crippen molar-refractivity contribution in [3.63, 3.8) is 0 Å². The van der Waals surface area contributed by atoms with E-state index in [1.807, 2.05) is 0 Å². The maximum absolute atomic E-state index is 5.85. The molecule has 0 amide bonds. The van der Waals surface area contributed by atoms with E-state index in [-0.39, 0.29) is 5.41 Å². The monoisotopic (exact) mass is 295 g/mol. The van der Waals surface area contributed by atoms with Crippen LogP contribution in [0.2, 0.25) is 0 Å². The molecule has 2 rings (SSSR count). The van der Waals surface area contributed by atoms with Crippen molar-refractivity contribution in [1.82, 2.24) is 4.98 Å². The minimum absolute atomic E-state index is 0.0488. The van der Waals surface area contributed by atoms with Gasteiger partial charge in [0, 0.05) is 28.8 Å².